The van der Waals surface area contributed by atoms with Gasteiger partial charge in [0.05, 0.1) is 10.0 Å². The van der Waals surface area contributed by atoms with E-state index in [9.17, 15) is 4.39 Å². The van der Waals surface area contributed by atoms with Crippen molar-refractivity contribution in [2.75, 3.05) is 13.1 Å². The zero-order valence-corrected chi connectivity index (χ0v) is 12.4. The van der Waals surface area contributed by atoms with Gasteiger partial charge in [-0.25, -0.2) is 4.39 Å². The second-order valence-corrected chi connectivity index (χ2v) is 5.66. The van der Waals surface area contributed by atoms with Gasteiger partial charge >= 0.3 is 0 Å². The molecule has 2 atom stereocenters. The minimum atomic E-state index is -0.568. The Morgan fingerprint density at radius 1 is 1.47 bits per heavy atom. The van der Waals surface area contributed by atoms with Crippen LogP contribution in [0.25, 0.3) is 0 Å². The van der Waals surface area contributed by atoms with Gasteiger partial charge in [-0.3, -0.25) is 0 Å². The average Bonchev–Trinajstić information content (AvgIpc) is 2.92. The zero-order valence-electron chi connectivity index (χ0n) is 10.9. The van der Waals surface area contributed by atoms with Crippen molar-refractivity contribution in [3.8, 4) is 5.75 Å². The fourth-order valence-electron chi connectivity index (χ4n) is 2.43. The monoisotopic (exact) mass is 305 g/mol. The summed E-state index contributed by atoms with van der Waals surface area (Å²) in [7, 11) is 0. The highest BCUT2D eigenvalue weighted by Gasteiger charge is 2.27. The lowest BCUT2D eigenvalue weighted by Crippen LogP contribution is -2.29. The summed E-state index contributed by atoms with van der Waals surface area (Å²) >= 11 is 11.6. The zero-order chi connectivity index (χ0) is 13.8. The van der Waals surface area contributed by atoms with Gasteiger partial charge in [-0.15, -0.1) is 0 Å². The lowest BCUT2D eigenvalue weighted by molar-refractivity contribution is 0.127. The highest BCUT2D eigenvalue weighted by atomic mass is 35.5. The SMILES string of the molecule is CCC[C@@H](Oc1ccc(Cl)c(Cl)c1F)C1CCNC1. The number of hydrogen-bond acceptors (Lipinski definition) is 2. The van der Waals surface area contributed by atoms with Crippen molar-refractivity contribution in [2.24, 2.45) is 5.92 Å². The van der Waals surface area contributed by atoms with Gasteiger partial charge in [0.1, 0.15) is 6.10 Å². The van der Waals surface area contributed by atoms with Crippen LogP contribution in [0.15, 0.2) is 12.1 Å². The first-order valence-electron chi connectivity index (χ1n) is 6.64. The summed E-state index contributed by atoms with van der Waals surface area (Å²) in [4.78, 5) is 0. The van der Waals surface area contributed by atoms with Gasteiger partial charge in [-0.1, -0.05) is 36.5 Å². The molecular weight excluding hydrogens is 288 g/mol. The summed E-state index contributed by atoms with van der Waals surface area (Å²) in [5.74, 6) is 0.0507. The van der Waals surface area contributed by atoms with Gasteiger partial charge in [0.25, 0.3) is 0 Å². The number of hydrogen-bond donors (Lipinski definition) is 1. The smallest absolute Gasteiger partial charge is 0.185 e. The summed E-state index contributed by atoms with van der Waals surface area (Å²) in [5, 5.41) is 3.45. The van der Waals surface area contributed by atoms with Crippen molar-refractivity contribution in [2.45, 2.75) is 32.3 Å². The third-order valence-corrected chi connectivity index (χ3v) is 4.26. The fourth-order valence-corrected chi connectivity index (χ4v) is 2.73. The molecule has 1 aliphatic rings. The molecule has 0 bridgehead atoms. The Morgan fingerprint density at radius 3 is 2.89 bits per heavy atom. The van der Waals surface area contributed by atoms with Gasteiger partial charge in [-0.05, 0) is 31.5 Å². The van der Waals surface area contributed by atoms with Crippen molar-refractivity contribution >= 4 is 23.2 Å². The quantitative estimate of drug-likeness (QED) is 0.819. The number of ether oxygens (including phenoxy) is 1. The van der Waals surface area contributed by atoms with E-state index in [2.05, 4.69) is 12.2 Å². The predicted molar refractivity (Wildman–Crippen MR) is 76.7 cm³/mol. The van der Waals surface area contributed by atoms with Crippen molar-refractivity contribution in [1.29, 1.82) is 0 Å². The van der Waals surface area contributed by atoms with Crippen molar-refractivity contribution in [3.05, 3.63) is 28.0 Å². The van der Waals surface area contributed by atoms with Crippen LogP contribution >= 0.6 is 23.2 Å². The lowest BCUT2D eigenvalue weighted by atomic mass is 9.97. The number of halogens is 3. The molecule has 1 aromatic carbocycles. The van der Waals surface area contributed by atoms with Gasteiger partial charge in [-0.2, -0.15) is 0 Å². The maximum atomic E-state index is 14.0. The molecule has 0 aliphatic carbocycles. The highest BCUT2D eigenvalue weighted by Crippen LogP contribution is 2.33. The van der Waals surface area contributed by atoms with E-state index in [1.165, 1.54) is 0 Å². The van der Waals surface area contributed by atoms with E-state index in [-0.39, 0.29) is 21.9 Å². The first kappa shape index (κ1) is 14.9. The summed E-state index contributed by atoms with van der Waals surface area (Å²) in [5.41, 5.74) is 0. The molecule has 1 unspecified atom stereocenters. The molecule has 0 saturated carbocycles. The summed E-state index contributed by atoms with van der Waals surface area (Å²) in [6, 6.07) is 3.12. The van der Waals surface area contributed by atoms with Gasteiger partial charge in [0, 0.05) is 12.5 Å². The first-order valence-corrected chi connectivity index (χ1v) is 7.40. The van der Waals surface area contributed by atoms with Crippen LogP contribution in [0.4, 0.5) is 4.39 Å². The number of rotatable bonds is 5. The van der Waals surface area contributed by atoms with E-state index in [1.54, 1.807) is 12.1 Å². The van der Waals surface area contributed by atoms with Crippen LogP contribution in [0.5, 0.6) is 5.75 Å². The van der Waals surface area contributed by atoms with Crippen LogP contribution in [0.2, 0.25) is 10.0 Å². The van der Waals surface area contributed by atoms with E-state index < -0.39 is 5.82 Å². The maximum absolute atomic E-state index is 14.0. The molecule has 0 amide bonds. The number of nitrogens with one attached hydrogen (secondary N) is 1. The Kier molecular flexibility index (Phi) is 5.31. The minimum absolute atomic E-state index is 0.0201. The largest absolute Gasteiger partial charge is 0.487 e. The van der Waals surface area contributed by atoms with E-state index in [0.717, 1.165) is 32.4 Å². The van der Waals surface area contributed by atoms with Crippen LogP contribution in [-0.2, 0) is 0 Å². The van der Waals surface area contributed by atoms with Crippen molar-refractivity contribution in [3.63, 3.8) is 0 Å². The fraction of sp³-hybridized carbons (Fsp3) is 0.571. The van der Waals surface area contributed by atoms with Gasteiger partial charge in [0.2, 0.25) is 0 Å². The van der Waals surface area contributed by atoms with Crippen molar-refractivity contribution < 1.29 is 9.13 Å². The molecule has 2 rings (SSSR count). The molecule has 0 aromatic heterocycles. The normalized spacial score (nSPS) is 20.5. The second kappa shape index (κ2) is 6.78. The topological polar surface area (TPSA) is 21.3 Å². The summed E-state index contributed by atoms with van der Waals surface area (Å²) in [6.45, 7) is 4.02. The summed E-state index contributed by atoms with van der Waals surface area (Å²) in [6.07, 6.45) is 3.00. The second-order valence-electron chi connectivity index (χ2n) is 4.87. The molecule has 106 valence electrons. The summed E-state index contributed by atoms with van der Waals surface area (Å²) < 4.78 is 19.8. The first-order chi connectivity index (χ1) is 9.13. The van der Waals surface area contributed by atoms with Gasteiger partial charge in [0.15, 0.2) is 11.6 Å². The predicted octanol–water partition coefficient (Wildman–Crippen LogP) is 4.29. The molecule has 1 N–H and O–H groups in total. The van der Waals surface area contributed by atoms with Gasteiger partial charge < -0.3 is 10.1 Å². The minimum Gasteiger partial charge on any atom is -0.487 e. The standard InChI is InChI=1S/C14H18Cl2FNO/c1-2-3-11(9-6-7-18-8-9)19-12-5-4-10(15)13(16)14(12)17/h4-5,9,11,18H,2-3,6-8H2,1H3/t9?,11-/m1/s1. The van der Waals surface area contributed by atoms with E-state index in [4.69, 9.17) is 27.9 Å². The molecule has 1 fully saturated rings. The van der Waals surface area contributed by atoms with E-state index in [0.29, 0.717) is 5.92 Å². The van der Waals surface area contributed by atoms with E-state index in [1.807, 2.05) is 0 Å². The molecule has 0 spiro atoms. The average molecular weight is 306 g/mol. The third kappa shape index (κ3) is 3.53. The van der Waals surface area contributed by atoms with Crippen LogP contribution in [0, 0.1) is 11.7 Å². The third-order valence-electron chi connectivity index (χ3n) is 3.48. The Morgan fingerprint density at radius 2 is 2.26 bits per heavy atom. The number of benzene rings is 1. The van der Waals surface area contributed by atoms with Crippen LogP contribution < -0.4 is 10.1 Å². The molecule has 1 aromatic rings. The molecular formula is C14H18Cl2FNO. The molecule has 1 heterocycles. The Hall–Kier alpha value is -0.510. The Balaban J connectivity index is 2.14. The molecule has 0 radical (unpaired) electrons. The Bertz CT molecular complexity index is 436. The maximum Gasteiger partial charge on any atom is 0.185 e. The van der Waals surface area contributed by atoms with Crippen molar-refractivity contribution in [1.82, 2.24) is 5.32 Å². The molecule has 1 saturated heterocycles. The van der Waals surface area contributed by atoms with Crippen LogP contribution in [-0.4, -0.2) is 19.2 Å². The van der Waals surface area contributed by atoms with Crippen LogP contribution in [0.1, 0.15) is 26.2 Å². The highest BCUT2D eigenvalue weighted by molar-refractivity contribution is 6.42. The molecule has 1 aliphatic heterocycles. The molecule has 2 nitrogen and oxygen atoms in total. The van der Waals surface area contributed by atoms with E-state index >= 15 is 0 Å². The Labute approximate surface area is 123 Å². The van der Waals surface area contributed by atoms with Crippen LogP contribution in [0.3, 0.4) is 0 Å². The lowest BCUT2D eigenvalue weighted by Gasteiger charge is -2.24. The molecule has 5 heteroatoms. The molecule has 19 heavy (non-hydrogen) atoms.